The van der Waals surface area contributed by atoms with Crippen molar-refractivity contribution in [1.29, 1.82) is 0 Å². The summed E-state index contributed by atoms with van der Waals surface area (Å²) in [5, 5.41) is 0. The minimum atomic E-state index is -3.39. The summed E-state index contributed by atoms with van der Waals surface area (Å²) in [6.07, 6.45) is 0. The summed E-state index contributed by atoms with van der Waals surface area (Å²) >= 11 is 1.82. The highest BCUT2D eigenvalue weighted by Crippen LogP contribution is 2.45. The highest BCUT2D eigenvalue weighted by molar-refractivity contribution is 14.1. The third kappa shape index (κ3) is 2.21. The first-order valence-corrected chi connectivity index (χ1v) is 6.36. The first-order chi connectivity index (χ1) is 8.67. The molecule has 1 heterocycles. The molecule has 0 saturated heterocycles. The van der Waals surface area contributed by atoms with Gasteiger partial charge in [-0.1, -0.05) is 0 Å². The van der Waals surface area contributed by atoms with Gasteiger partial charge in [0, 0.05) is 14.8 Å². The molecule has 8 heteroatoms. The zero-order valence-electron chi connectivity index (χ0n) is 9.88. The molecule has 1 aliphatic heterocycles. The van der Waals surface area contributed by atoms with Crippen LogP contribution in [0.4, 0.5) is 18.9 Å². The van der Waals surface area contributed by atoms with Crippen LogP contribution >= 0.6 is 22.6 Å². The maximum atomic E-state index is 14.0. The standard InChI is InChI=1S/C11H11F3IN3O/c1-10(11(13,14)4-19-9(17)18-10)5-2-8(16)7(15)3-6(5)12/h2-3H,4,16H2,1H3,(H2,17,18). The van der Waals surface area contributed by atoms with E-state index in [1.165, 1.54) is 0 Å². The Morgan fingerprint density at radius 1 is 1.37 bits per heavy atom. The summed E-state index contributed by atoms with van der Waals surface area (Å²) in [5.74, 6) is -4.20. The second-order valence-corrected chi connectivity index (χ2v) is 5.53. The van der Waals surface area contributed by atoms with Gasteiger partial charge in [0.1, 0.15) is 5.82 Å². The van der Waals surface area contributed by atoms with Crippen LogP contribution in [0.3, 0.4) is 0 Å². The monoisotopic (exact) mass is 385 g/mol. The second-order valence-electron chi connectivity index (χ2n) is 4.37. The smallest absolute Gasteiger partial charge is 0.310 e. The number of rotatable bonds is 1. The zero-order valence-corrected chi connectivity index (χ0v) is 12.0. The van der Waals surface area contributed by atoms with E-state index in [0.29, 0.717) is 3.57 Å². The van der Waals surface area contributed by atoms with Gasteiger partial charge in [0.25, 0.3) is 6.02 Å². The van der Waals surface area contributed by atoms with E-state index in [1.54, 1.807) is 0 Å². The molecule has 4 nitrogen and oxygen atoms in total. The van der Waals surface area contributed by atoms with Gasteiger partial charge in [-0.15, -0.1) is 0 Å². The van der Waals surface area contributed by atoms with Gasteiger partial charge < -0.3 is 16.2 Å². The summed E-state index contributed by atoms with van der Waals surface area (Å²) in [4.78, 5) is 3.59. The van der Waals surface area contributed by atoms with Crippen molar-refractivity contribution >= 4 is 34.3 Å². The number of nitrogens with zero attached hydrogens (tertiary/aromatic N) is 1. The Kier molecular flexibility index (Phi) is 3.31. The lowest BCUT2D eigenvalue weighted by Crippen LogP contribution is -2.51. The van der Waals surface area contributed by atoms with Crippen LogP contribution in [0.15, 0.2) is 17.1 Å². The molecule has 0 saturated carbocycles. The first kappa shape index (κ1) is 14.2. The van der Waals surface area contributed by atoms with Crippen LogP contribution in [0.1, 0.15) is 12.5 Å². The van der Waals surface area contributed by atoms with E-state index in [-0.39, 0.29) is 11.3 Å². The predicted molar refractivity (Wildman–Crippen MR) is 73.4 cm³/mol. The molecule has 0 amide bonds. The van der Waals surface area contributed by atoms with Gasteiger partial charge in [-0.25, -0.2) is 9.38 Å². The van der Waals surface area contributed by atoms with Gasteiger partial charge in [-0.2, -0.15) is 8.78 Å². The van der Waals surface area contributed by atoms with Crippen molar-refractivity contribution in [3.05, 3.63) is 27.1 Å². The highest BCUT2D eigenvalue weighted by Gasteiger charge is 2.56. The van der Waals surface area contributed by atoms with Crippen LogP contribution in [0.5, 0.6) is 0 Å². The predicted octanol–water partition coefficient (Wildman–Crippen LogP) is 2.21. The van der Waals surface area contributed by atoms with E-state index in [1.807, 2.05) is 22.6 Å². The number of nitrogens with two attached hydrogens (primary N) is 2. The van der Waals surface area contributed by atoms with Crippen molar-refractivity contribution in [2.24, 2.45) is 10.7 Å². The van der Waals surface area contributed by atoms with Gasteiger partial charge in [0.2, 0.25) is 0 Å². The first-order valence-electron chi connectivity index (χ1n) is 5.28. The number of alkyl halides is 2. The maximum absolute atomic E-state index is 14.0. The van der Waals surface area contributed by atoms with E-state index in [9.17, 15) is 13.2 Å². The minimum absolute atomic E-state index is 0.203. The molecule has 2 rings (SSSR count). The molecule has 19 heavy (non-hydrogen) atoms. The summed E-state index contributed by atoms with van der Waals surface area (Å²) in [7, 11) is 0. The summed E-state index contributed by atoms with van der Waals surface area (Å²) in [6.45, 7) is 0.150. The Balaban J connectivity index is 2.67. The zero-order chi connectivity index (χ0) is 14.4. The van der Waals surface area contributed by atoms with E-state index >= 15 is 0 Å². The molecule has 1 unspecified atom stereocenters. The SMILES string of the molecule is CC1(c2cc(N)c(I)cc2F)N=C(N)OCC1(F)F. The van der Waals surface area contributed by atoms with Crippen LogP contribution in [0.2, 0.25) is 0 Å². The third-order valence-electron chi connectivity index (χ3n) is 3.06. The van der Waals surface area contributed by atoms with Crippen LogP contribution in [0, 0.1) is 9.39 Å². The Morgan fingerprint density at radius 3 is 2.63 bits per heavy atom. The molecule has 0 spiro atoms. The number of aliphatic imine (C=N–C) groups is 1. The van der Waals surface area contributed by atoms with Crippen LogP contribution in [-0.4, -0.2) is 18.6 Å². The summed E-state index contributed by atoms with van der Waals surface area (Å²) in [5.41, 5.74) is 8.73. The number of hydrogen-bond donors (Lipinski definition) is 2. The lowest BCUT2D eigenvalue weighted by molar-refractivity contribution is -0.117. The van der Waals surface area contributed by atoms with Crippen LogP contribution in [0.25, 0.3) is 0 Å². The molecule has 4 N–H and O–H groups in total. The van der Waals surface area contributed by atoms with Gasteiger partial charge in [-0.3, -0.25) is 0 Å². The molecule has 1 aromatic carbocycles. The maximum Gasteiger partial charge on any atom is 0.310 e. The molecule has 0 aliphatic carbocycles. The van der Waals surface area contributed by atoms with Gasteiger partial charge in [0.15, 0.2) is 12.1 Å². The van der Waals surface area contributed by atoms with E-state index < -0.39 is 29.9 Å². The van der Waals surface area contributed by atoms with Crippen molar-refractivity contribution in [1.82, 2.24) is 0 Å². The third-order valence-corrected chi connectivity index (χ3v) is 3.99. The molecular weight excluding hydrogens is 374 g/mol. The molecule has 104 valence electrons. The van der Waals surface area contributed by atoms with Crippen molar-refractivity contribution in [3.8, 4) is 0 Å². The molecule has 1 atom stereocenters. The van der Waals surface area contributed by atoms with E-state index in [0.717, 1.165) is 19.1 Å². The fourth-order valence-electron chi connectivity index (χ4n) is 1.84. The van der Waals surface area contributed by atoms with Crippen LogP contribution in [-0.2, 0) is 10.3 Å². The molecule has 0 aromatic heterocycles. The number of halogens is 4. The van der Waals surface area contributed by atoms with Gasteiger partial charge >= 0.3 is 5.92 Å². The van der Waals surface area contributed by atoms with Crippen molar-refractivity contribution in [2.75, 3.05) is 12.3 Å². The Labute approximate surface area is 121 Å². The van der Waals surface area contributed by atoms with Crippen molar-refractivity contribution in [2.45, 2.75) is 18.4 Å². The number of amidine groups is 1. The number of hydrogen-bond acceptors (Lipinski definition) is 4. The molecular formula is C11H11F3IN3O. The average molecular weight is 385 g/mol. The Bertz CT molecular complexity index is 564. The van der Waals surface area contributed by atoms with Gasteiger partial charge in [0.05, 0.1) is 0 Å². The van der Waals surface area contributed by atoms with E-state index in [4.69, 9.17) is 11.5 Å². The fraction of sp³-hybridized carbons (Fsp3) is 0.364. The normalized spacial score (nSPS) is 25.6. The number of anilines is 1. The summed E-state index contributed by atoms with van der Waals surface area (Å²) in [6, 6.07) is 1.85. The molecule has 1 aromatic rings. The lowest BCUT2D eigenvalue weighted by atomic mass is 9.85. The van der Waals surface area contributed by atoms with Crippen molar-refractivity contribution in [3.63, 3.8) is 0 Å². The summed E-state index contributed by atoms with van der Waals surface area (Å²) < 4.78 is 47.0. The van der Waals surface area contributed by atoms with Crippen molar-refractivity contribution < 1.29 is 17.9 Å². The number of benzene rings is 1. The Morgan fingerprint density at radius 2 is 2.00 bits per heavy atom. The van der Waals surface area contributed by atoms with Crippen LogP contribution < -0.4 is 11.5 Å². The van der Waals surface area contributed by atoms with Gasteiger partial charge in [-0.05, 0) is 41.6 Å². The topological polar surface area (TPSA) is 73.6 Å². The number of ether oxygens (including phenoxy) is 1. The molecule has 0 radical (unpaired) electrons. The number of nitrogen functional groups attached to an aromatic ring is 1. The van der Waals surface area contributed by atoms with E-state index in [2.05, 4.69) is 9.73 Å². The average Bonchev–Trinajstić information content (AvgIpc) is 2.29. The highest BCUT2D eigenvalue weighted by atomic mass is 127. The molecule has 1 aliphatic rings. The second kappa shape index (κ2) is 4.43. The Hall–Kier alpha value is -1.19. The largest absolute Gasteiger partial charge is 0.459 e. The quantitative estimate of drug-likeness (QED) is 0.575. The minimum Gasteiger partial charge on any atom is -0.459 e. The lowest BCUT2D eigenvalue weighted by Gasteiger charge is -2.37. The molecule has 0 fully saturated rings. The fourth-order valence-corrected chi connectivity index (χ4v) is 2.26. The molecule has 0 bridgehead atoms.